The summed E-state index contributed by atoms with van der Waals surface area (Å²) in [5.74, 6) is 1.64. The van der Waals surface area contributed by atoms with Crippen LogP contribution in [0.5, 0.6) is 5.75 Å². The molecule has 0 radical (unpaired) electrons. The van der Waals surface area contributed by atoms with Crippen LogP contribution in [-0.2, 0) is 0 Å². The highest BCUT2D eigenvalue weighted by atomic mass is 16.5. The first-order valence-corrected chi connectivity index (χ1v) is 7.32. The number of aliphatic hydroxyl groups is 1. The minimum Gasteiger partial charge on any atom is -0.494 e. The van der Waals surface area contributed by atoms with Gasteiger partial charge in [0.1, 0.15) is 5.75 Å². The van der Waals surface area contributed by atoms with E-state index in [4.69, 9.17) is 4.74 Å². The molecule has 0 spiro atoms. The number of nitrogens with zero attached hydrogens (tertiary/aromatic N) is 1. The van der Waals surface area contributed by atoms with Crippen LogP contribution in [0, 0.1) is 5.92 Å². The van der Waals surface area contributed by atoms with E-state index < -0.39 is 6.10 Å². The Hall–Kier alpha value is -1.06. The number of hydrogen-bond donors (Lipinski definition) is 1. The molecule has 2 atom stereocenters. The van der Waals surface area contributed by atoms with Gasteiger partial charge in [-0.1, -0.05) is 26.0 Å². The SMILES string of the molecule is CCCOc1ccc(C(O)CN2CCC(C)C2)cc1. The van der Waals surface area contributed by atoms with Gasteiger partial charge < -0.3 is 14.7 Å². The Kier molecular flexibility index (Phi) is 5.23. The zero-order valence-electron chi connectivity index (χ0n) is 12.0. The maximum absolute atomic E-state index is 10.3. The molecule has 0 saturated carbocycles. The minimum absolute atomic E-state index is 0.398. The summed E-state index contributed by atoms with van der Waals surface area (Å²) in [6, 6.07) is 7.83. The van der Waals surface area contributed by atoms with E-state index in [0.29, 0.717) is 0 Å². The number of ether oxygens (including phenoxy) is 1. The number of likely N-dealkylation sites (tertiary alicyclic amines) is 1. The van der Waals surface area contributed by atoms with E-state index in [-0.39, 0.29) is 0 Å². The van der Waals surface area contributed by atoms with Crippen molar-refractivity contribution in [3.05, 3.63) is 29.8 Å². The van der Waals surface area contributed by atoms with Crippen LogP contribution in [0.2, 0.25) is 0 Å². The zero-order chi connectivity index (χ0) is 13.7. The molecule has 1 aliphatic rings. The molecule has 0 aliphatic carbocycles. The molecular formula is C16H25NO2. The second kappa shape index (κ2) is 6.92. The van der Waals surface area contributed by atoms with Crippen LogP contribution in [0.15, 0.2) is 24.3 Å². The Morgan fingerprint density at radius 1 is 1.37 bits per heavy atom. The molecule has 1 heterocycles. The van der Waals surface area contributed by atoms with Crippen LogP contribution in [0.1, 0.15) is 38.4 Å². The van der Waals surface area contributed by atoms with Crippen LogP contribution in [-0.4, -0.2) is 36.2 Å². The second-order valence-corrected chi connectivity index (χ2v) is 5.59. The van der Waals surface area contributed by atoms with Crippen molar-refractivity contribution < 1.29 is 9.84 Å². The Balaban J connectivity index is 1.86. The molecule has 1 saturated heterocycles. The summed E-state index contributed by atoms with van der Waals surface area (Å²) >= 11 is 0. The molecule has 0 aromatic heterocycles. The predicted octanol–water partition coefficient (Wildman–Crippen LogP) is 2.85. The maximum atomic E-state index is 10.3. The first-order valence-electron chi connectivity index (χ1n) is 7.32. The first kappa shape index (κ1) is 14.4. The monoisotopic (exact) mass is 263 g/mol. The van der Waals surface area contributed by atoms with Gasteiger partial charge in [-0.25, -0.2) is 0 Å². The molecular weight excluding hydrogens is 238 g/mol. The summed E-state index contributed by atoms with van der Waals surface area (Å²) in [5.41, 5.74) is 0.975. The normalized spacial score (nSPS) is 21.5. The van der Waals surface area contributed by atoms with Gasteiger partial charge >= 0.3 is 0 Å². The number of hydrogen-bond acceptors (Lipinski definition) is 3. The third kappa shape index (κ3) is 4.22. The molecule has 1 aromatic carbocycles. The van der Waals surface area contributed by atoms with E-state index in [0.717, 1.165) is 49.9 Å². The highest BCUT2D eigenvalue weighted by Crippen LogP contribution is 2.22. The van der Waals surface area contributed by atoms with Crippen LogP contribution < -0.4 is 4.74 Å². The molecule has 3 heteroatoms. The van der Waals surface area contributed by atoms with Crippen molar-refractivity contribution in [1.82, 2.24) is 4.90 Å². The van der Waals surface area contributed by atoms with Crippen molar-refractivity contribution in [2.75, 3.05) is 26.2 Å². The summed E-state index contributed by atoms with van der Waals surface area (Å²) in [5, 5.41) is 10.3. The highest BCUT2D eigenvalue weighted by Gasteiger charge is 2.21. The Bertz CT molecular complexity index is 377. The van der Waals surface area contributed by atoms with Crippen molar-refractivity contribution in [3.63, 3.8) is 0 Å². The fourth-order valence-electron chi connectivity index (χ4n) is 2.55. The van der Waals surface area contributed by atoms with Gasteiger partial charge in [0.25, 0.3) is 0 Å². The number of β-amino-alcohol motifs (C(OH)–C–C–N with tert-alkyl or cyclic N) is 1. The molecule has 106 valence electrons. The van der Waals surface area contributed by atoms with E-state index in [1.807, 2.05) is 24.3 Å². The minimum atomic E-state index is -0.398. The number of benzene rings is 1. The van der Waals surface area contributed by atoms with E-state index in [2.05, 4.69) is 18.7 Å². The van der Waals surface area contributed by atoms with Crippen LogP contribution in [0.3, 0.4) is 0 Å². The van der Waals surface area contributed by atoms with Gasteiger partial charge in [0, 0.05) is 13.1 Å². The first-order chi connectivity index (χ1) is 9.19. The van der Waals surface area contributed by atoms with Crippen LogP contribution in [0.4, 0.5) is 0 Å². The number of rotatable bonds is 6. The maximum Gasteiger partial charge on any atom is 0.119 e. The van der Waals surface area contributed by atoms with E-state index in [1.165, 1.54) is 6.42 Å². The smallest absolute Gasteiger partial charge is 0.119 e. The summed E-state index contributed by atoms with van der Waals surface area (Å²) in [7, 11) is 0. The second-order valence-electron chi connectivity index (χ2n) is 5.59. The Morgan fingerprint density at radius 2 is 2.11 bits per heavy atom. The largest absolute Gasteiger partial charge is 0.494 e. The lowest BCUT2D eigenvalue weighted by Crippen LogP contribution is -2.26. The predicted molar refractivity (Wildman–Crippen MR) is 77.4 cm³/mol. The molecule has 1 N–H and O–H groups in total. The Morgan fingerprint density at radius 3 is 2.68 bits per heavy atom. The van der Waals surface area contributed by atoms with Crippen LogP contribution >= 0.6 is 0 Å². The lowest BCUT2D eigenvalue weighted by atomic mass is 10.1. The van der Waals surface area contributed by atoms with Crippen molar-refractivity contribution in [1.29, 1.82) is 0 Å². The molecule has 1 aromatic rings. The molecule has 2 rings (SSSR count). The lowest BCUT2D eigenvalue weighted by molar-refractivity contribution is 0.124. The molecule has 0 bridgehead atoms. The molecule has 1 aliphatic heterocycles. The van der Waals surface area contributed by atoms with E-state index >= 15 is 0 Å². The molecule has 0 amide bonds. The molecule has 1 fully saturated rings. The lowest BCUT2D eigenvalue weighted by Gasteiger charge is -2.20. The summed E-state index contributed by atoms with van der Waals surface area (Å²) in [4.78, 5) is 2.34. The summed E-state index contributed by atoms with van der Waals surface area (Å²) < 4.78 is 5.55. The van der Waals surface area contributed by atoms with Crippen molar-refractivity contribution in [2.24, 2.45) is 5.92 Å². The van der Waals surface area contributed by atoms with Gasteiger partial charge in [-0.3, -0.25) is 0 Å². The van der Waals surface area contributed by atoms with Crippen molar-refractivity contribution in [3.8, 4) is 5.75 Å². The van der Waals surface area contributed by atoms with Gasteiger partial charge in [-0.2, -0.15) is 0 Å². The van der Waals surface area contributed by atoms with Crippen molar-refractivity contribution >= 4 is 0 Å². The van der Waals surface area contributed by atoms with Gasteiger partial charge in [-0.15, -0.1) is 0 Å². The molecule has 19 heavy (non-hydrogen) atoms. The van der Waals surface area contributed by atoms with Gasteiger partial charge in [0.15, 0.2) is 0 Å². The average Bonchev–Trinajstić information content (AvgIpc) is 2.82. The standard InChI is InChI=1S/C16H25NO2/c1-3-10-19-15-6-4-14(5-7-15)16(18)12-17-9-8-13(2)11-17/h4-7,13,16,18H,3,8-12H2,1-2H3. The van der Waals surface area contributed by atoms with Crippen molar-refractivity contribution in [2.45, 2.75) is 32.8 Å². The van der Waals surface area contributed by atoms with E-state index in [1.54, 1.807) is 0 Å². The Labute approximate surface area is 116 Å². The zero-order valence-corrected chi connectivity index (χ0v) is 12.0. The summed E-state index contributed by atoms with van der Waals surface area (Å²) in [6.07, 6.45) is 1.86. The van der Waals surface area contributed by atoms with E-state index in [9.17, 15) is 5.11 Å². The average molecular weight is 263 g/mol. The topological polar surface area (TPSA) is 32.7 Å². The molecule has 2 unspecified atom stereocenters. The van der Waals surface area contributed by atoms with Gasteiger partial charge in [-0.05, 0) is 43.0 Å². The highest BCUT2D eigenvalue weighted by molar-refractivity contribution is 5.28. The molecule has 3 nitrogen and oxygen atoms in total. The van der Waals surface area contributed by atoms with Crippen LogP contribution in [0.25, 0.3) is 0 Å². The fourth-order valence-corrected chi connectivity index (χ4v) is 2.55. The fraction of sp³-hybridized carbons (Fsp3) is 0.625. The summed E-state index contributed by atoms with van der Waals surface area (Å²) in [6.45, 7) is 8.05. The quantitative estimate of drug-likeness (QED) is 0.856. The number of aliphatic hydroxyl groups excluding tert-OH is 1. The third-order valence-electron chi connectivity index (χ3n) is 3.68. The van der Waals surface area contributed by atoms with Gasteiger partial charge in [0.2, 0.25) is 0 Å². The third-order valence-corrected chi connectivity index (χ3v) is 3.68. The van der Waals surface area contributed by atoms with Gasteiger partial charge in [0.05, 0.1) is 12.7 Å².